The fourth-order valence-electron chi connectivity index (χ4n) is 2.41. The first-order valence-electron chi connectivity index (χ1n) is 6.93. The van der Waals surface area contributed by atoms with Gasteiger partial charge >= 0.3 is 0 Å². The average Bonchev–Trinajstić information content (AvgIpc) is 2.46. The van der Waals surface area contributed by atoms with E-state index in [0.717, 1.165) is 49.3 Å². The highest BCUT2D eigenvalue weighted by Crippen LogP contribution is 2.17. The number of piperazine rings is 1. The maximum absolute atomic E-state index is 12.2. The van der Waals surface area contributed by atoms with E-state index in [-0.39, 0.29) is 5.78 Å². The number of rotatable bonds is 5. The van der Waals surface area contributed by atoms with Crippen LogP contribution in [-0.2, 0) is 0 Å². The summed E-state index contributed by atoms with van der Waals surface area (Å²) in [6, 6.07) is 7.66. The van der Waals surface area contributed by atoms with Gasteiger partial charge in [0, 0.05) is 49.2 Å². The van der Waals surface area contributed by atoms with Crippen molar-refractivity contribution in [1.82, 2.24) is 9.80 Å². The van der Waals surface area contributed by atoms with Crippen LogP contribution < -0.4 is 0 Å². The molecule has 1 aromatic rings. The van der Waals surface area contributed by atoms with Crippen LogP contribution in [-0.4, -0.2) is 54.9 Å². The molecule has 1 aliphatic rings. The van der Waals surface area contributed by atoms with Gasteiger partial charge in [-0.05, 0) is 12.6 Å². The zero-order valence-electron chi connectivity index (χ0n) is 11.4. The molecule has 0 aromatic heterocycles. The van der Waals surface area contributed by atoms with Crippen molar-refractivity contribution < 1.29 is 4.79 Å². The van der Waals surface area contributed by atoms with E-state index >= 15 is 0 Å². The SMILES string of the molecule is CCN1CCN(CCC(=O)c2ccccc2Br)CC1. The number of benzene rings is 1. The Morgan fingerprint density at radius 3 is 2.42 bits per heavy atom. The molecule has 1 heterocycles. The third-order valence-corrected chi connectivity index (χ3v) is 4.43. The maximum Gasteiger partial charge on any atom is 0.165 e. The predicted molar refractivity (Wildman–Crippen MR) is 81.6 cm³/mol. The van der Waals surface area contributed by atoms with Crippen LogP contribution in [0.15, 0.2) is 28.7 Å². The summed E-state index contributed by atoms with van der Waals surface area (Å²) in [4.78, 5) is 17.0. The van der Waals surface area contributed by atoms with E-state index in [1.807, 2.05) is 24.3 Å². The summed E-state index contributed by atoms with van der Waals surface area (Å²) in [5, 5.41) is 0. The van der Waals surface area contributed by atoms with E-state index in [9.17, 15) is 4.79 Å². The fourth-order valence-corrected chi connectivity index (χ4v) is 2.92. The molecule has 0 bridgehead atoms. The maximum atomic E-state index is 12.2. The molecule has 1 saturated heterocycles. The lowest BCUT2D eigenvalue weighted by molar-refractivity contribution is 0.0931. The molecule has 0 radical (unpaired) electrons. The molecule has 1 aromatic carbocycles. The molecule has 1 aliphatic heterocycles. The molecule has 19 heavy (non-hydrogen) atoms. The van der Waals surface area contributed by atoms with Crippen LogP contribution in [0.2, 0.25) is 0 Å². The second kappa shape index (κ2) is 7.17. The van der Waals surface area contributed by atoms with Crippen molar-refractivity contribution in [3.05, 3.63) is 34.3 Å². The van der Waals surface area contributed by atoms with Gasteiger partial charge in [-0.25, -0.2) is 0 Å². The second-order valence-electron chi connectivity index (χ2n) is 4.93. The van der Waals surface area contributed by atoms with Crippen LogP contribution in [0.1, 0.15) is 23.7 Å². The number of carbonyl (C=O) groups is 1. The first-order chi connectivity index (χ1) is 9.20. The van der Waals surface area contributed by atoms with E-state index in [4.69, 9.17) is 0 Å². The van der Waals surface area contributed by atoms with Crippen LogP contribution in [0.5, 0.6) is 0 Å². The van der Waals surface area contributed by atoms with E-state index in [1.165, 1.54) is 0 Å². The molecule has 4 heteroatoms. The summed E-state index contributed by atoms with van der Waals surface area (Å²) in [6.45, 7) is 8.61. The minimum Gasteiger partial charge on any atom is -0.301 e. The number of nitrogens with zero attached hydrogens (tertiary/aromatic N) is 2. The fraction of sp³-hybridized carbons (Fsp3) is 0.533. The quantitative estimate of drug-likeness (QED) is 0.778. The zero-order chi connectivity index (χ0) is 13.7. The van der Waals surface area contributed by atoms with E-state index < -0.39 is 0 Å². The van der Waals surface area contributed by atoms with Crippen LogP contribution in [0, 0.1) is 0 Å². The molecule has 2 rings (SSSR count). The highest BCUT2D eigenvalue weighted by atomic mass is 79.9. The Labute approximate surface area is 123 Å². The van der Waals surface area contributed by atoms with Crippen molar-refractivity contribution in [3.63, 3.8) is 0 Å². The van der Waals surface area contributed by atoms with Crippen LogP contribution in [0.25, 0.3) is 0 Å². The summed E-state index contributed by atoms with van der Waals surface area (Å²) >= 11 is 3.44. The summed E-state index contributed by atoms with van der Waals surface area (Å²) in [5.41, 5.74) is 0.801. The smallest absolute Gasteiger partial charge is 0.165 e. The molecule has 0 N–H and O–H groups in total. The summed E-state index contributed by atoms with van der Waals surface area (Å²) in [7, 11) is 0. The molecule has 0 amide bonds. The number of likely N-dealkylation sites (N-methyl/N-ethyl adjacent to an activating group) is 1. The standard InChI is InChI=1S/C15H21BrN2O/c1-2-17-9-11-18(12-10-17)8-7-15(19)13-5-3-4-6-14(13)16/h3-6H,2,7-12H2,1H3. The van der Waals surface area contributed by atoms with Gasteiger partial charge in [-0.1, -0.05) is 41.1 Å². The zero-order valence-corrected chi connectivity index (χ0v) is 13.0. The van der Waals surface area contributed by atoms with Gasteiger partial charge in [-0.15, -0.1) is 0 Å². The van der Waals surface area contributed by atoms with Crippen molar-refractivity contribution in [2.45, 2.75) is 13.3 Å². The number of hydrogen-bond donors (Lipinski definition) is 0. The third kappa shape index (κ3) is 4.13. The number of carbonyl (C=O) groups excluding carboxylic acids is 1. The molecule has 0 unspecified atom stereocenters. The monoisotopic (exact) mass is 324 g/mol. The van der Waals surface area contributed by atoms with Gasteiger partial charge in [0.15, 0.2) is 5.78 Å². The van der Waals surface area contributed by atoms with Gasteiger partial charge < -0.3 is 9.80 Å². The Bertz CT molecular complexity index is 428. The van der Waals surface area contributed by atoms with Crippen LogP contribution >= 0.6 is 15.9 Å². The Morgan fingerprint density at radius 1 is 1.16 bits per heavy atom. The molecule has 0 spiro atoms. The van der Waals surface area contributed by atoms with Crippen molar-refractivity contribution >= 4 is 21.7 Å². The Hall–Kier alpha value is -0.710. The predicted octanol–water partition coefficient (Wildman–Crippen LogP) is 2.66. The van der Waals surface area contributed by atoms with Gasteiger partial charge in [0.1, 0.15) is 0 Å². The summed E-state index contributed by atoms with van der Waals surface area (Å²) in [5.74, 6) is 0.227. The Morgan fingerprint density at radius 2 is 1.79 bits per heavy atom. The number of ketones is 1. The molecule has 3 nitrogen and oxygen atoms in total. The van der Waals surface area contributed by atoms with E-state index in [2.05, 4.69) is 32.7 Å². The third-order valence-electron chi connectivity index (χ3n) is 3.74. The van der Waals surface area contributed by atoms with Crippen molar-refractivity contribution in [1.29, 1.82) is 0 Å². The number of hydrogen-bond acceptors (Lipinski definition) is 3. The van der Waals surface area contributed by atoms with Gasteiger partial charge in [0.05, 0.1) is 0 Å². The van der Waals surface area contributed by atoms with Crippen molar-refractivity contribution in [3.8, 4) is 0 Å². The molecular formula is C15H21BrN2O. The second-order valence-corrected chi connectivity index (χ2v) is 5.78. The van der Waals surface area contributed by atoms with Gasteiger partial charge in [-0.2, -0.15) is 0 Å². The topological polar surface area (TPSA) is 23.6 Å². The molecule has 0 atom stereocenters. The Kier molecular flexibility index (Phi) is 5.55. The first kappa shape index (κ1) is 14.7. The normalized spacial score (nSPS) is 17.6. The van der Waals surface area contributed by atoms with Crippen molar-refractivity contribution in [2.75, 3.05) is 39.3 Å². The average molecular weight is 325 g/mol. The Balaban J connectivity index is 1.80. The molecule has 1 fully saturated rings. The summed E-state index contributed by atoms with van der Waals surface area (Å²) < 4.78 is 0.899. The summed E-state index contributed by atoms with van der Waals surface area (Å²) in [6.07, 6.45) is 0.606. The molecule has 104 valence electrons. The lowest BCUT2D eigenvalue weighted by Gasteiger charge is -2.33. The minimum absolute atomic E-state index is 0.227. The van der Waals surface area contributed by atoms with Gasteiger partial charge in [-0.3, -0.25) is 4.79 Å². The lowest BCUT2D eigenvalue weighted by atomic mass is 10.1. The number of Topliss-reactive ketones (excluding diaryl/α,β-unsaturated/α-hetero) is 1. The molecule has 0 aliphatic carbocycles. The van der Waals surface area contributed by atoms with E-state index in [1.54, 1.807) is 0 Å². The van der Waals surface area contributed by atoms with Gasteiger partial charge in [0.2, 0.25) is 0 Å². The van der Waals surface area contributed by atoms with Crippen LogP contribution in [0.4, 0.5) is 0 Å². The van der Waals surface area contributed by atoms with Crippen molar-refractivity contribution in [2.24, 2.45) is 0 Å². The van der Waals surface area contributed by atoms with Gasteiger partial charge in [0.25, 0.3) is 0 Å². The highest BCUT2D eigenvalue weighted by Gasteiger charge is 2.17. The van der Waals surface area contributed by atoms with E-state index in [0.29, 0.717) is 6.42 Å². The largest absolute Gasteiger partial charge is 0.301 e. The number of halogens is 1. The van der Waals surface area contributed by atoms with Crippen LogP contribution in [0.3, 0.4) is 0 Å². The molecular weight excluding hydrogens is 304 g/mol. The lowest BCUT2D eigenvalue weighted by Crippen LogP contribution is -2.46. The minimum atomic E-state index is 0.227. The molecule has 0 saturated carbocycles. The first-order valence-corrected chi connectivity index (χ1v) is 7.72. The highest BCUT2D eigenvalue weighted by molar-refractivity contribution is 9.10.